The van der Waals surface area contributed by atoms with Crippen LogP contribution in [0, 0.1) is 5.92 Å². The second kappa shape index (κ2) is 8.46. The van der Waals surface area contributed by atoms with Gasteiger partial charge in [0.15, 0.2) is 0 Å². The van der Waals surface area contributed by atoms with Gasteiger partial charge in [0.2, 0.25) is 15.9 Å². The van der Waals surface area contributed by atoms with Gasteiger partial charge in [0.25, 0.3) is 5.24 Å². The number of nitrogens with zero attached hydrogens (tertiary/aromatic N) is 1. The Morgan fingerprint density at radius 3 is 2.18 bits per heavy atom. The van der Waals surface area contributed by atoms with Gasteiger partial charge >= 0.3 is 0 Å². The topological polar surface area (TPSA) is 83.6 Å². The molecule has 6 nitrogen and oxygen atoms in total. The Kier molecular flexibility index (Phi) is 6.22. The SMILES string of the molecule is CC(C)[C@@H](NS(=O)(=O)c1ccc(-c2ccccc2)cc1)C(=O)N1CCSC1=O. The fourth-order valence-electron chi connectivity index (χ4n) is 2.93. The van der Waals surface area contributed by atoms with Crippen molar-refractivity contribution in [2.75, 3.05) is 12.3 Å². The third kappa shape index (κ3) is 4.45. The van der Waals surface area contributed by atoms with Crippen LogP contribution in [0.2, 0.25) is 0 Å². The molecule has 0 unspecified atom stereocenters. The van der Waals surface area contributed by atoms with Gasteiger partial charge in [-0.05, 0) is 29.2 Å². The van der Waals surface area contributed by atoms with Crippen LogP contribution in [0.4, 0.5) is 4.79 Å². The van der Waals surface area contributed by atoms with Crippen LogP contribution in [0.1, 0.15) is 13.8 Å². The standard InChI is InChI=1S/C20H22N2O4S2/c1-14(2)18(19(23)22-12-13-27-20(22)24)21-28(25,26)17-10-8-16(9-11-17)15-6-4-3-5-7-15/h3-11,14,18,21H,12-13H2,1-2H3/t18-/m1/s1. The van der Waals surface area contributed by atoms with Crippen LogP contribution in [-0.2, 0) is 14.8 Å². The van der Waals surface area contributed by atoms with E-state index in [1.165, 1.54) is 12.1 Å². The minimum atomic E-state index is -3.91. The lowest BCUT2D eigenvalue weighted by Gasteiger charge is -2.25. The van der Waals surface area contributed by atoms with Crippen molar-refractivity contribution in [3.63, 3.8) is 0 Å². The van der Waals surface area contributed by atoms with E-state index < -0.39 is 22.0 Å². The number of rotatable bonds is 6. The van der Waals surface area contributed by atoms with Crippen molar-refractivity contribution in [2.45, 2.75) is 24.8 Å². The molecule has 2 amide bonds. The molecule has 1 N–H and O–H groups in total. The summed E-state index contributed by atoms with van der Waals surface area (Å²) in [5.41, 5.74) is 1.88. The first-order chi connectivity index (χ1) is 13.3. The lowest BCUT2D eigenvalue weighted by atomic mass is 10.0. The molecule has 0 bridgehead atoms. The Morgan fingerprint density at radius 2 is 1.64 bits per heavy atom. The van der Waals surface area contributed by atoms with Gasteiger partial charge in [0, 0.05) is 12.3 Å². The van der Waals surface area contributed by atoms with E-state index in [9.17, 15) is 18.0 Å². The maximum absolute atomic E-state index is 12.8. The van der Waals surface area contributed by atoms with Crippen LogP contribution >= 0.6 is 11.8 Å². The van der Waals surface area contributed by atoms with E-state index in [0.29, 0.717) is 12.3 Å². The van der Waals surface area contributed by atoms with Crippen LogP contribution < -0.4 is 4.72 Å². The summed E-state index contributed by atoms with van der Waals surface area (Å²) >= 11 is 1.07. The fourth-order valence-corrected chi connectivity index (χ4v) is 5.05. The Labute approximate surface area is 169 Å². The van der Waals surface area contributed by atoms with Crippen LogP contribution in [0.3, 0.4) is 0 Å². The molecule has 1 aliphatic heterocycles. The van der Waals surface area contributed by atoms with Crippen molar-refractivity contribution in [3.8, 4) is 11.1 Å². The molecule has 28 heavy (non-hydrogen) atoms. The molecule has 8 heteroatoms. The third-order valence-corrected chi connectivity index (χ3v) is 6.82. The van der Waals surface area contributed by atoms with E-state index in [-0.39, 0.29) is 16.1 Å². The van der Waals surface area contributed by atoms with E-state index in [1.807, 2.05) is 30.3 Å². The first kappa shape index (κ1) is 20.6. The number of hydrogen-bond acceptors (Lipinski definition) is 5. The van der Waals surface area contributed by atoms with Crippen molar-refractivity contribution in [2.24, 2.45) is 5.92 Å². The predicted molar refractivity (Wildman–Crippen MR) is 110 cm³/mol. The Hall–Kier alpha value is -2.16. The van der Waals surface area contributed by atoms with Crippen molar-refractivity contribution in [1.29, 1.82) is 0 Å². The Balaban J connectivity index is 1.81. The first-order valence-electron chi connectivity index (χ1n) is 8.95. The molecule has 1 heterocycles. The zero-order chi connectivity index (χ0) is 20.3. The van der Waals surface area contributed by atoms with Gasteiger partial charge in [-0.15, -0.1) is 0 Å². The van der Waals surface area contributed by atoms with Crippen LogP contribution in [-0.4, -0.2) is 42.8 Å². The molecule has 1 fully saturated rings. The molecular formula is C20H22N2O4S2. The van der Waals surface area contributed by atoms with Crippen molar-refractivity contribution in [1.82, 2.24) is 9.62 Å². The number of nitrogens with one attached hydrogen (secondary N) is 1. The highest BCUT2D eigenvalue weighted by molar-refractivity contribution is 8.13. The molecule has 0 aliphatic carbocycles. The smallest absolute Gasteiger partial charge is 0.273 e. The van der Waals surface area contributed by atoms with Gasteiger partial charge in [-0.3, -0.25) is 14.5 Å². The van der Waals surface area contributed by atoms with E-state index in [2.05, 4.69) is 4.72 Å². The molecular weight excluding hydrogens is 396 g/mol. The van der Waals surface area contributed by atoms with Crippen LogP contribution in [0.25, 0.3) is 11.1 Å². The molecule has 2 aromatic carbocycles. The predicted octanol–water partition coefficient (Wildman–Crippen LogP) is 3.35. The van der Waals surface area contributed by atoms with Crippen molar-refractivity contribution < 1.29 is 18.0 Å². The average molecular weight is 419 g/mol. The monoisotopic (exact) mass is 418 g/mol. The second-order valence-corrected chi connectivity index (χ2v) is 9.60. The molecule has 1 atom stereocenters. The minimum absolute atomic E-state index is 0.0766. The summed E-state index contributed by atoms with van der Waals surface area (Å²) in [4.78, 5) is 25.7. The lowest BCUT2D eigenvalue weighted by Crippen LogP contribution is -2.51. The maximum Gasteiger partial charge on any atom is 0.288 e. The highest BCUT2D eigenvalue weighted by Crippen LogP contribution is 2.23. The fraction of sp³-hybridized carbons (Fsp3) is 0.300. The number of sulfonamides is 1. The molecule has 0 spiro atoms. The van der Waals surface area contributed by atoms with E-state index in [4.69, 9.17) is 0 Å². The Morgan fingerprint density at radius 1 is 1.04 bits per heavy atom. The maximum atomic E-state index is 12.8. The van der Waals surface area contributed by atoms with Crippen LogP contribution in [0.5, 0.6) is 0 Å². The zero-order valence-corrected chi connectivity index (χ0v) is 17.3. The normalized spacial score (nSPS) is 15.8. The van der Waals surface area contributed by atoms with E-state index >= 15 is 0 Å². The number of carbonyl (C=O) groups is 2. The minimum Gasteiger partial charge on any atom is -0.273 e. The lowest BCUT2D eigenvalue weighted by molar-refractivity contribution is -0.130. The average Bonchev–Trinajstić information content (AvgIpc) is 3.12. The quantitative estimate of drug-likeness (QED) is 0.778. The number of thioether (sulfide) groups is 1. The number of benzene rings is 2. The molecule has 1 aliphatic rings. The largest absolute Gasteiger partial charge is 0.288 e. The number of amides is 2. The van der Waals surface area contributed by atoms with Gasteiger partial charge in [0.05, 0.1) is 4.90 Å². The van der Waals surface area contributed by atoms with Gasteiger partial charge in [-0.2, -0.15) is 4.72 Å². The van der Waals surface area contributed by atoms with E-state index in [1.54, 1.807) is 26.0 Å². The highest BCUT2D eigenvalue weighted by Gasteiger charge is 2.36. The summed E-state index contributed by atoms with van der Waals surface area (Å²) in [6.07, 6.45) is 0. The summed E-state index contributed by atoms with van der Waals surface area (Å²) in [5, 5.41) is -0.331. The van der Waals surface area contributed by atoms with Gasteiger partial charge < -0.3 is 0 Å². The molecule has 0 radical (unpaired) electrons. The molecule has 148 valence electrons. The Bertz CT molecular complexity index is 957. The first-order valence-corrected chi connectivity index (χ1v) is 11.4. The molecule has 0 aromatic heterocycles. The second-order valence-electron chi connectivity index (χ2n) is 6.84. The number of hydrogen-bond donors (Lipinski definition) is 1. The van der Waals surface area contributed by atoms with Crippen LogP contribution in [0.15, 0.2) is 59.5 Å². The summed E-state index contributed by atoms with van der Waals surface area (Å²) in [6, 6.07) is 15.1. The van der Waals surface area contributed by atoms with E-state index in [0.717, 1.165) is 27.8 Å². The highest BCUT2D eigenvalue weighted by atomic mass is 32.2. The summed E-state index contributed by atoms with van der Waals surface area (Å²) in [7, 11) is -3.91. The molecule has 3 rings (SSSR count). The third-order valence-electron chi connectivity index (χ3n) is 4.51. The number of carbonyl (C=O) groups excluding carboxylic acids is 2. The van der Waals surface area contributed by atoms with Crippen molar-refractivity contribution >= 4 is 32.9 Å². The van der Waals surface area contributed by atoms with Crippen molar-refractivity contribution in [3.05, 3.63) is 54.6 Å². The molecule has 0 saturated carbocycles. The molecule has 1 saturated heterocycles. The summed E-state index contributed by atoms with van der Waals surface area (Å²) < 4.78 is 28.1. The zero-order valence-electron chi connectivity index (χ0n) is 15.7. The summed E-state index contributed by atoms with van der Waals surface area (Å²) in [6.45, 7) is 3.80. The van der Waals surface area contributed by atoms with Gasteiger partial charge in [0.1, 0.15) is 6.04 Å². The van der Waals surface area contributed by atoms with Gasteiger partial charge in [-0.25, -0.2) is 8.42 Å². The molecule has 2 aromatic rings. The summed E-state index contributed by atoms with van der Waals surface area (Å²) in [5.74, 6) is -0.276. The van der Waals surface area contributed by atoms with Gasteiger partial charge in [-0.1, -0.05) is 68.1 Å². The number of imide groups is 1.